The van der Waals surface area contributed by atoms with Gasteiger partial charge in [0, 0.05) is 69.6 Å². The molecule has 11 nitrogen and oxygen atoms in total. The number of nitrogens with zero attached hydrogens (tertiary/aromatic N) is 2. The van der Waals surface area contributed by atoms with E-state index in [4.69, 9.17) is 28.4 Å². The van der Waals surface area contributed by atoms with Crippen molar-refractivity contribution in [3.63, 3.8) is 0 Å². The molecule has 7 aliphatic rings. The van der Waals surface area contributed by atoms with Crippen molar-refractivity contribution in [1.82, 2.24) is 4.90 Å². The largest absolute Gasteiger partial charge is 0.455 e. The van der Waals surface area contributed by atoms with Crippen LogP contribution in [0.5, 0.6) is 0 Å². The van der Waals surface area contributed by atoms with Gasteiger partial charge in [-0.2, -0.15) is 0 Å². The Morgan fingerprint density at radius 1 is 1.14 bits per heavy atom. The van der Waals surface area contributed by atoms with Crippen molar-refractivity contribution in [3.8, 4) is 0 Å². The minimum Gasteiger partial charge on any atom is -0.455 e. The minimum absolute atomic E-state index is 0.0278. The van der Waals surface area contributed by atoms with Crippen LogP contribution in [0.15, 0.2) is 24.3 Å². The monoisotopic (exact) mass is 598 g/mol. The van der Waals surface area contributed by atoms with Crippen LogP contribution in [-0.2, 0) is 28.4 Å². The van der Waals surface area contributed by atoms with E-state index >= 15 is 0 Å². The average molecular weight is 599 g/mol. The zero-order valence-electron chi connectivity index (χ0n) is 25.5. The van der Waals surface area contributed by atoms with Gasteiger partial charge in [-0.25, -0.2) is 4.79 Å². The van der Waals surface area contributed by atoms with Gasteiger partial charge in [-0.05, 0) is 49.3 Å². The maximum absolute atomic E-state index is 14.1. The van der Waals surface area contributed by atoms with E-state index in [-0.39, 0.29) is 76.9 Å². The van der Waals surface area contributed by atoms with E-state index in [1.807, 2.05) is 7.11 Å². The van der Waals surface area contributed by atoms with Crippen LogP contribution < -0.4 is 0 Å². The van der Waals surface area contributed by atoms with Crippen molar-refractivity contribution >= 4 is 11.7 Å². The van der Waals surface area contributed by atoms with Crippen molar-refractivity contribution in [2.75, 3.05) is 41.2 Å². The Bertz CT molecular complexity index is 1340. The second-order valence-corrected chi connectivity index (χ2v) is 14.3. The first-order chi connectivity index (χ1) is 20.7. The summed E-state index contributed by atoms with van der Waals surface area (Å²) in [6, 6.07) is 5.57. The summed E-state index contributed by atoms with van der Waals surface area (Å²) in [5.41, 5.74) is -2.05. The zero-order chi connectivity index (χ0) is 30.1. The van der Waals surface area contributed by atoms with Gasteiger partial charge in [0.05, 0.1) is 34.8 Å². The molecular formula is C32H42N2O9. The number of nitro groups is 1. The maximum Gasteiger partial charge on any atom is 0.338 e. The van der Waals surface area contributed by atoms with E-state index in [1.165, 1.54) is 24.3 Å². The van der Waals surface area contributed by atoms with Crippen LogP contribution in [0.25, 0.3) is 0 Å². The number of methoxy groups -OCH3 is 3. The standard InChI is InChI=1S/C32H42N2O9/c1-6-33-15-29(2)12-11-22(39-4)31-20-13-19-21(38-3)14-30(23(20)24(19)40-5)32(28(31)33,42-16-41-30)26(25(29)31)43-27(35)17-7-9-18(10-8-17)34(36)37/h7-10,19-26,28H,6,11-16H2,1-5H3/t19-,20-,21+,22+,23-,24+,25-,26+,28+,29+,30-,31+,32+/m1/s1. The van der Waals surface area contributed by atoms with Gasteiger partial charge in [-0.1, -0.05) is 13.8 Å². The van der Waals surface area contributed by atoms with Gasteiger partial charge in [0.2, 0.25) is 0 Å². The molecule has 0 aromatic heterocycles. The molecule has 43 heavy (non-hydrogen) atoms. The molecule has 234 valence electrons. The highest BCUT2D eigenvalue weighted by molar-refractivity contribution is 5.90. The van der Waals surface area contributed by atoms with Crippen LogP contribution in [0.1, 0.15) is 49.9 Å². The number of ether oxygens (including phenoxy) is 6. The Kier molecular flexibility index (Phi) is 6.06. The predicted octanol–water partition coefficient (Wildman–Crippen LogP) is 3.44. The summed E-state index contributed by atoms with van der Waals surface area (Å²) in [6.07, 6.45) is 2.65. The highest BCUT2D eigenvalue weighted by Crippen LogP contribution is 2.82. The fourth-order valence-corrected chi connectivity index (χ4v) is 12.5. The number of likely N-dealkylation sites (tertiary alicyclic amines) is 1. The third-order valence-electron chi connectivity index (χ3n) is 13.3. The van der Waals surface area contributed by atoms with Gasteiger partial charge in [0.1, 0.15) is 18.5 Å². The molecule has 5 saturated carbocycles. The van der Waals surface area contributed by atoms with E-state index in [9.17, 15) is 14.9 Å². The van der Waals surface area contributed by atoms with Crippen molar-refractivity contribution in [2.24, 2.45) is 34.5 Å². The number of hydrogen-bond acceptors (Lipinski definition) is 10. The quantitative estimate of drug-likeness (QED) is 0.262. The Morgan fingerprint density at radius 2 is 1.91 bits per heavy atom. The second-order valence-electron chi connectivity index (χ2n) is 14.3. The molecule has 2 heterocycles. The van der Waals surface area contributed by atoms with Crippen LogP contribution >= 0.6 is 0 Å². The fraction of sp³-hybridized carbons (Fsp3) is 0.781. The molecule has 0 unspecified atom stereocenters. The van der Waals surface area contributed by atoms with Gasteiger partial charge in [-0.15, -0.1) is 0 Å². The van der Waals surface area contributed by atoms with Crippen molar-refractivity contribution < 1.29 is 38.1 Å². The number of esters is 1. The normalized spacial score (nSPS) is 50.4. The van der Waals surface area contributed by atoms with Crippen molar-refractivity contribution in [2.45, 2.75) is 81.2 Å². The van der Waals surface area contributed by atoms with Crippen LogP contribution in [0.3, 0.4) is 0 Å². The number of likely N-dealkylation sites (N-methyl/N-ethyl adjacent to an activating group) is 1. The highest BCUT2D eigenvalue weighted by Gasteiger charge is 2.94. The van der Waals surface area contributed by atoms with Gasteiger partial charge in [0.15, 0.2) is 5.60 Å². The summed E-state index contributed by atoms with van der Waals surface area (Å²) in [7, 11) is 5.40. The molecular weight excluding hydrogens is 556 g/mol. The first kappa shape index (κ1) is 28.3. The van der Waals surface area contributed by atoms with E-state index < -0.39 is 28.2 Å². The number of rotatable bonds is 7. The molecule has 7 fully saturated rings. The number of carbonyl (C=O) groups is 1. The fourth-order valence-electron chi connectivity index (χ4n) is 12.5. The molecule has 3 spiro atoms. The third-order valence-corrected chi connectivity index (χ3v) is 13.3. The first-order valence-electron chi connectivity index (χ1n) is 15.7. The van der Waals surface area contributed by atoms with Gasteiger partial charge >= 0.3 is 5.97 Å². The van der Waals surface area contributed by atoms with Crippen LogP contribution in [0.2, 0.25) is 0 Å². The molecule has 8 rings (SSSR count). The van der Waals surface area contributed by atoms with Crippen LogP contribution in [0, 0.1) is 44.6 Å². The lowest BCUT2D eigenvalue weighted by atomic mass is 9.43. The van der Waals surface area contributed by atoms with Crippen molar-refractivity contribution in [3.05, 3.63) is 39.9 Å². The maximum atomic E-state index is 14.1. The molecule has 2 aliphatic heterocycles. The number of hydrogen-bond donors (Lipinski definition) is 0. The Morgan fingerprint density at radius 3 is 2.56 bits per heavy atom. The Balaban J connectivity index is 1.36. The molecule has 13 atom stereocenters. The smallest absolute Gasteiger partial charge is 0.338 e. The highest BCUT2D eigenvalue weighted by atomic mass is 16.7. The Labute approximate surface area is 251 Å². The molecule has 0 N–H and O–H groups in total. The van der Waals surface area contributed by atoms with E-state index in [0.29, 0.717) is 6.42 Å². The summed E-state index contributed by atoms with van der Waals surface area (Å²) < 4.78 is 39.8. The first-order valence-corrected chi connectivity index (χ1v) is 15.7. The number of piperidine rings is 1. The van der Waals surface area contributed by atoms with Crippen LogP contribution in [0.4, 0.5) is 5.69 Å². The SMILES string of the molecule is CCN1C[C@]2(C)CC[C@H](OC)[C@@]34[C@@H]5C[C@H]6[C@H](OC)[C@@H]5[C@@]5(C[C@@H]6OC)OCO[C@@]5([C@@H](OC(=O)c5ccc([N+](=O)[O-])cc5)[C@H]23)[C@@H]14. The number of nitro benzene ring substituents is 1. The van der Waals surface area contributed by atoms with E-state index in [0.717, 1.165) is 32.4 Å². The topological polar surface area (TPSA) is 119 Å². The van der Waals surface area contributed by atoms with Crippen molar-refractivity contribution in [1.29, 1.82) is 0 Å². The van der Waals surface area contributed by atoms with E-state index in [1.54, 1.807) is 14.2 Å². The molecule has 0 amide bonds. The van der Waals surface area contributed by atoms with Gasteiger partial charge < -0.3 is 28.4 Å². The second kappa shape index (κ2) is 9.20. The lowest BCUT2D eigenvalue weighted by Gasteiger charge is -2.69. The molecule has 0 radical (unpaired) electrons. The van der Waals surface area contributed by atoms with E-state index in [2.05, 4.69) is 18.7 Å². The molecule has 1 aromatic rings. The molecule has 7 bridgehead atoms. The van der Waals surface area contributed by atoms with Crippen LogP contribution in [-0.4, -0.2) is 98.7 Å². The average Bonchev–Trinajstić information content (AvgIpc) is 3.59. The number of fused-ring (bicyclic) bond motifs is 1. The van der Waals surface area contributed by atoms with Gasteiger partial charge in [0.25, 0.3) is 5.69 Å². The molecule has 1 aromatic carbocycles. The summed E-state index contributed by atoms with van der Waals surface area (Å²) in [6.45, 7) is 6.40. The predicted molar refractivity (Wildman–Crippen MR) is 151 cm³/mol. The summed E-state index contributed by atoms with van der Waals surface area (Å²) >= 11 is 0. The number of non-ortho nitro benzene ring substituents is 1. The Hall–Kier alpha value is -2.15. The van der Waals surface area contributed by atoms with Gasteiger partial charge in [-0.3, -0.25) is 15.0 Å². The number of carbonyl (C=O) groups excluding carboxylic acids is 1. The minimum atomic E-state index is -0.965. The number of benzene rings is 1. The lowest BCUT2D eigenvalue weighted by Crippen LogP contribution is -2.81. The molecule has 2 saturated heterocycles. The summed E-state index contributed by atoms with van der Waals surface area (Å²) in [5.74, 6) is -0.0590. The lowest BCUT2D eigenvalue weighted by molar-refractivity contribution is -0.384. The molecule has 5 aliphatic carbocycles. The third kappa shape index (κ3) is 3.05. The zero-order valence-corrected chi connectivity index (χ0v) is 25.5. The molecule has 11 heteroatoms. The summed E-state index contributed by atoms with van der Waals surface area (Å²) in [5, 5.41) is 11.3. The summed E-state index contributed by atoms with van der Waals surface area (Å²) in [4.78, 5) is 27.5.